The molecule has 25 heavy (non-hydrogen) atoms. The van der Waals surface area contributed by atoms with Crippen molar-refractivity contribution >= 4 is 33.4 Å². The molecule has 2 N–H and O–H groups in total. The van der Waals surface area contributed by atoms with Crippen molar-refractivity contribution in [2.45, 2.75) is 19.4 Å². The van der Waals surface area contributed by atoms with Crippen LogP contribution in [0.4, 0.5) is 0 Å². The second-order valence-electron chi connectivity index (χ2n) is 5.95. The second kappa shape index (κ2) is 8.64. The van der Waals surface area contributed by atoms with Gasteiger partial charge in [0.25, 0.3) is 0 Å². The van der Waals surface area contributed by atoms with Crippen LogP contribution in [-0.2, 0) is 26.2 Å². The molecule has 0 aromatic heterocycles. The van der Waals surface area contributed by atoms with Crippen LogP contribution in [0.3, 0.4) is 0 Å². The van der Waals surface area contributed by atoms with Gasteiger partial charge in [0.05, 0.1) is 11.7 Å². The summed E-state index contributed by atoms with van der Waals surface area (Å²) in [7, 11) is -2.02. The Balaban J connectivity index is 1.89. The summed E-state index contributed by atoms with van der Waals surface area (Å²) >= 11 is 5.86. The molecule has 1 aromatic rings. The van der Waals surface area contributed by atoms with Crippen LogP contribution < -0.4 is 10.0 Å². The molecule has 0 spiro atoms. The van der Waals surface area contributed by atoms with E-state index in [1.165, 1.54) is 7.05 Å². The van der Waals surface area contributed by atoms with Crippen LogP contribution in [0, 0.1) is 5.92 Å². The molecule has 138 valence electrons. The summed E-state index contributed by atoms with van der Waals surface area (Å²) < 4.78 is 24.9. The van der Waals surface area contributed by atoms with Gasteiger partial charge < -0.3 is 10.2 Å². The highest BCUT2D eigenvalue weighted by atomic mass is 35.5. The van der Waals surface area contributed by atoms with Crippen LogP contribution in [0.1, 0.15) is 18.4 Å². The molecule has 1 heterocycles. The van der Waals surface area contributed by atoms with Gasteiger partial charge in [-0.2, -0.15) is 0 Å². The van der Waals surface area contributed by atoms with Crippen molar-refractivity contribution in [1.82, 2.24) is 14.9 Å². The SMILES string of the molecule is CNS(=O)(=O)CCNC(=O)[C@H]1CCC(=O)N(Cc2ccc(Cl)cc2)C1. The first kappa shape index (κ1) is 19.7. The Hall–Kier alpha value is -1.64. The predicted molar refractivity (Wildman–Crippen MR) is 95.4 cm³/mol. The Labute approximate surface area is 152 Å². The molecule has 2 rings (SSSR count). The fourth-order valence-corrected chi connectivity index (χ4v) is 3.35. The first-order valence-corrected chi connectivity index (χ1v) is 10.0. The number of halogens is 1. The minimum atomic E-state index is -3.35. The van der Waals surface area contributed by atoms with Gasteiger partial charge in [0.15, 0.2) is 0 Å². The smallest absolute Gasteiger partial charge is 0.224 e. The Kier molecular flexibility index (Phi) is 6.80. The number of carbonyl (C=O) groups is 2. The normalized spacial score (nSPS) is 18.2. The lowest BCUT2D eigenvalue weighted by Crippen LogP contribution is -2.46. The predicted octanol–water partition coefficient (Wildman–Crippen LogP) is 0.744. The largest absolute Gasteiger partial charge is 0.355 e. The number of sulfonamides is 1. The molecule has 0 saturated carbocycles. The molecule has 0 aliphatic carbocycles. The van der Waals surface area contributed by atoms with E-state index >= 15 is 0 Å². The monoisotopic (exact) mass is 387 g/mol. The number of carbonyl (C=O) groups excluding carboxylic acids is 2. The second-order valence-corrected chi connectivity index (χ2v) is 8.43. The van der Waals surface area contributed by atoms with E-state index in [0.29, 0.717) is 31.0 Å². The summed E-state index contributed by atoms with van der Waals surface area (Å²) in [5, 5.41) is 3.26. The topological polar surface area (TPSA) is 95.6 Å². The standard InChI is InChI=1S/C16H22ClN3O4S/c1-18-25(23,24)9-8-19-16(22)13-4-7-15(21)20(11-13)10-12-2-5-14(17)6-3-12/h2-3,5-6,13,18H,4,7-11H2,1H3,(H,19,22)/t13-/m0/s1. The molecule has 0 bridgehead atoms. The fourth-order valence-electron chi connectivity index (χ4n) is 2.65. The Morgan fingerprint density at radius 2 is 2.00 bits per heavy atom. The van der Waals surface area contributed by atoms with Gasteiger partial charge in [0.1, 0.15) is 0 Å². The van der Waals surface area contributed by atoms with Crippen LogP contribution in [0.5, 0.6) is 0 Å². The average molecular weight is 388 g/mol. The van der Waals surface area contributed by atoms with Gasteiger partial charge in [-0.15, -0.1) is 0 Å². The Morgan fingerprint density at radius 3 is 2.64 bits per heavy atom. The Morgan fingerprint density at radius 1 is 1.32 bits per heavy atom. The first-order chi connectivity index (χ1) is 11.8. The quantitative estimate of drug-likeness (QED) is 0.721. The molecule has 0 unspecified atom stereocenters. The maximum Gasteiger partial charge on any atom is 0.224 e. The van der Waals surface area contributed by atoms with E-state index in [2.05, 4.69) is 10.0 Å². The van der Waals surface area contributed by atoms with Gasteiger partial charge in [-0.1, -0.05) is 23.7 Å². The van der Waals surface area contributed by atoms with Gasteiger partial charge in [-0.05, 0) is 31.2 Å². The van der Waals surface area contributed by atoms with Crippen LogP contribution in [0.15, 0.2) is 24.3 Å². The molecule has 7 nitrogen and oxygen atoms in total. The highest BCUT2D eigenvalue weighted by molar-refractivity contribution is 7.89. The fraction of sp³-hybridized carbons (Fsp3) is 0.500. The summed E-state index contributed by atoms with van der Waals surface area (Å²) in [6.45, 7) is 0.795. The van der Waals surface area contributed by atoms with E-state index in [1.54, 1.807) is 17.0 Å². The maximum absolute atomic E-state index is 12.2. The number of nitrogens with one attached hydrogen (secondary N) is 2. The highest BCUT2D eigenvalue weighted by Gasteiger charge is 2.30. The Bertz CT molecular complexity index is 721. The zero-order chi connectivity index (χ0) is 18.4. The summed E-state index contributed by atoms with van der Waals surface area (Å²) in [5.41, 5.74) is 0.943. The third-order valence-electron chi connectivity index (χ3n) is 4.14. The molecule has 1 aromatic carbocycles. The number of rotatable bonds is 7. The first-order valence-electron chi connectivity index (χ1n) is 8.02. The van der Waals surface area contributed by atoms with Crippen molar-refractivity contribution in [1.29, 1.82) is 0 Å². The molecular weight excluding hydrogens is 366 g/mol. The molecular formula is C16H22ClN3O4S. The number of likely N-dealkylation sites (tertiary alicyclic amines) is 1. The van der Waals surface area contributed by atoms with Gasteiger partial charge >= 0.3 is 0 Å². The number of piperidine rings is 1. The molecule has 9 heteroatoms. The number of hydrogen-bond donors (Lipinski definition) is 2. The van der Waals surface area contributed by atoms with Gasteiger partial charge in [0.2, 0.25) is 21.8 Å². The maximum atomic E-state index is 12.2. The van der Waals surface area contributed by atoms with E-state index in [4.69, 9.17) is 11.6 Å². The molecule has 1 aliphatic heterocycles. The highest BCUT2D eigenvalue weighted by Crippen LogP contribution is 2.20. The third kappa shape index (κ3) is 5.98. The number of nitrogens with zero attached hydrogens (tertiary/aromatic N) is 1. The van der Waals surface area contributed by atoms with Crippen molar-refractivity contribution in [3.05, 3.63) is 34.9 Å². The van der Waals surface area contributed by atoms with E-state index in [1.807, 2.05) is 12.1 Å². The zero-order valence-electron chi connectivity index (χ0n) is 14.0. The molecule has 1 fully saturated rings. The molecule has 2 amide bonds. The number of hydrogen-bond acceptors (Lipinski definition) is 4. The van der Waals surface area contributed by atoms with Gasteiger partial charge in [-0.25, -0.2) is 13.1 Å². The van der Waals surface area contributed by atoms with Crippen LogP contribution in [0.25, 0.3) is 0 Å². The summed E-state index contributed by atoms with van der Waals surface area (Å²) in [6.07, 6.45) is 0.779. The molecule has 1 saturated heterocycles. The lowest BCUT2D eigenvalue weighted by molar-refractivity contribution is -0.138. The minimum absolute atomic E-state index is 0.0109. The van der Waals surface area contributed by atoms with E-state index in [-0.39, 0.29) is 30.0 Å². The summed E-state index contributed by atoms with van der Waals surface area (Å²) in [6, 6.07) is 7.22. The van der Waals surface area contributed by atoms with Crippen molar-refractivity contribution in [2.24, 2.45) is 5.92 Å². The molecule has 0 radical (unpaired) electrons. The molecule has 1 aliphatic rings. The summed E-state index contributed by atoms with van der Waals surface area (Å²) in [5.74, 6) is -0.714. The van der Waals surface area contributed by atoms with Crippen LogP contribution >= 0.6 is 11.6 Å². The minimum Gasteiger partial charge on any atom is -0.355 e. The van der Waals surface area contributed by atoms with Crippen molar-refractivity contribution in [2.75, 3.05) is 25.9 Å². The number of amides is 2. The van der Waals surface area contributed by atoms with Crippen LogP contribution in [0.2, 0.25) is 5.02 Å². The lowest BCUT2D eigenvalue weighted by Gasteiger charge is -2.32. The number of benzene rings is 1. The van der Waals surface area contributed by atoms with E-state index < -0.39 is 10.0 Å². The average Bonchev–Trinajstić information content (AvgIpc) is 2.58. The summed E-state index contributed by atoms with van der Waals surface area (Å²) in [4.78, 5) is 26.0. The van der Waals surface area contributed by atoms with Crippen molar-refractivity contribution in [3.8, 4) is 0 Å². The van der Waals surface area contributed by atoms with E-state index in [9.17, 15) is 18.0 Å². The molecule has 1 atom stereocenters. The van der Waals surface area contributed by atoms with Crippen LogP contribution in [-0.4, -0.2) is 51.0 Å². The third-order valence-corrected chi connectivity index (χ3v) is 5.75. The van der Waals surface area contributed by atoms with Crippen molar-refractivity contribution < 1.29 is 18.0 Å². The van der Waals surface area contributed by atoms with Crippen molar-refractivity contribution in [3.63, 3.8) is 0 Å². The van der Waals surface area contributed by atoms with Gasteiger partial charge in [-0.3, -0.25) is 9.59 Å². The zero-order valence-corrected chi connectivity index (χ0v) is 15.6. The lowest BCUT2D eigenvalue weighted by atomic mass is 9.96. The van der Waals surface area contributed by atoms with Gasteiger partial charge in [0, 0.05) is 31.1 Å². The van der Waals surface area contributed by atoms with E-state index in [0.717, 1.165) is 5.56 Å².